The van der Waals surface area contributed by atoms with Crippen molar-refractivity contribution in [1.82, 2.24) is 15.6 Å². The number of amides is 2. The fraction of sp³-hybridized carbons (Fsp3) is 0.444. The van der Waals surface area contributed by atoms with E-state index in [2.05, 4.69) is 54.6 Å². The molecule has 2 aromatic rings. The summed E-state index contributed by atoms with van der Waals surface area (Å²) in [5, 5.41) is 9.11. The number of fused-ring (bicyclic) bond motifs is 1. The molecule has 0 fully saturated rings. The van der Waals surface area contributed by atoms with Gasteiger partial charge in [-0.3, -0.25) is 0 Å². The van der Waals surface area contributed by atoms with Crippen LogP contribution < -0.4 is 10.6 Å². The minimum Gasteiger partial charge on any atom is -0.337 e. The minimum atomic E-state index is -0.106. The first-order valence-corrected chi connectivity index (χ1v) is 8.88. The maximum atomic E-state index is 12.3. The minimum absolute atomic E-state index is 0.0800. The highest BCUT2D eigenvalue weighted by Gasteiger charge is 2.37. The molecule has 5 heteroatoms. The van der Waals surface area contributed by atoms with Gasteiger partial charge in [-0.2, -0.15) is 0 Å². The molecule has 2 unspecified atom stereocenters. The van der Waals surface area contributed by atoms with Crippen molar-refractivity contribution in [2.45, 2.75) is 44.6 Å². The molecule has 0 radical (unpaired) electrons. The Labute approximate surface area is 141 Å². The second-order valence-electron chi connectivity index (χ2n) is 6.85. The topological polar surface area (TPSA) is 54.0 Å². The molecule has 4 nitrogen and oxygen atoms in total. The maximum Gasteiger partial charge on any atom is 0.315 e. The van der Waals surface area contributed by atoms with Crippen LogP contribution in [0.15, 0.2) is 35.8 Å². The normalized spacial score (nSPS) is 19.9. The summed E-state index contributed by atoms with van der Waals surface area (Å²) in [5.74, 6) is 0.230. The zero-order valence-corrected chi connectivity index (χ0v) is 14.6. The van der Waals surface area contributed by atoms with Gasteiger partial charge in [0.05, 0.1) is 11.0 Å². The lowest BCUT2D eigenvalue weighted by atomic mass is 9.86. The average molecular weight is 329 g/mol. The molecule has 1 aromatic heterocycles. The first-order valence-electron chi connectivity index (χ1n) is 8.00. The van der Waals surface area contributed by atoms with Crippen LogP contribution >= 0.6 is 11.3 Å². The average Bonchev–Trinajstić information content (AvgIpc) is 3.13. The van der Waals surface area contributed by atoms with Gasteiger partial charge < -0.3 is 10.6 Å². The van der Waals surface area contributed by atoms with E-state index < -0.39 is 0 Å². The van der Waals surface area contributed by atoms with Gasteiger partial charge in [-0.05, 0) is 23.0 Å². The Hall–Kier alpha value is -1.88. The van der Waals surface area contributed by atoms with E-state index in [4.69, 9.17) is 0 Å². The molecule has 1 aliphatic rings. The van der Waals surface area contributed by atoms with Gasteiger partial charge >= 0.3 is 6.03 Å². The van der Waals surface area contributed by atoms with E-state index in [0.29, 0.717) is 6.54 Å². The molecule has 2 amide bonds. The summed E-state index contributed by atoms with van der Waals surface area (Å²) in [5.41, 5.74) is 2.67. The highest BCUT2D eigenvalue weighted by Crippen LogP contribution is 2.44. The largest absolute Gasteiger partial charge is 0.337 e. The van der Waals surface area contributed by atoms with E-state index in [-0.39, 0.29) is 23.4 Å². The summed E-state index contributed by atoms with van der Waals surface area (Å²) < 4.78 is 0. The van der Waals surface area contributed by atoms with Gasteiger partial charge in [0.1, 0.15) is 0 Å². The fourth-order valence-corrected chi connectivity index (χ4v) is 3.99. The predicted octanol–water partition coefficient (Wildman–Crippen LogP) is 3.97. The summed E-state index contributed by atoms with van der Waals surface area (Å²) in [6.45, 7) is 7.14. The number of hydrogen-bond donors (Lipinski definition) is 2. The number of carbonyl (C=O) groups excluding carboxylic acids is 1. The van der Waals surface area contributed by atoms with E-state index >= 15 is 0 Å². The third-order valence-corrected chi connectivity index (χ3v) is 5.53. The van der Waals surface area contributed by atoms with E-state index in [1.54, 1.807) is 17.5 Å². The molecule has 0 aliphatic heterocycles. The van der Waals surface area contributed by atoms with Crippen molar-refractivity contribution in [1.29, 1.82) is 0 Å². The van der Waals surface area contributed by atoms with Crippen LogP contribution in [0.3, 0.4) is 0 Å². The van der Waals surface area contributed by atoms with Crippen molar-refractivity contribution in [2.24, 2.45) is 0 Å². The molecule has 3 rings (SSSR count). The molecule has 1 heterocycles. The number of nitrogens with one attached hydrogen (secondary N) is 2. The molecule has 1 aliphatic carbocycles. The Kier molecular flexibility index (Phi) is 4.39. The Morgan fingerprint density at radius 3 is 2.96 bits per heavy atom. The second-order valence-corrected chi connectivity index (χ2v) is 7.78. The van der Waals surface area contributed by atoms with Crippen molar-refractivity contribution >= 4 is 17.4 Å². The van der Waals surface area contributed by atoms with Crippen molar-refractivity contribution in [2.75, 3.05) is 6.54 Å². The summed E-state index contributed by atoms with van der Waals surface area (Å²) in [6.07, 6.45) is 2.73. The second kappa shape index (κ2) is 6.32. The van der Waals surface area contributed by atoms with Crippen molar-refractivity contribution in [3.63, 3.8) is 0 Å². The van der Waals surface area contributed by atoms with Crippen LogP contribution in [0, 0.1) is 0 Å². The number of thiazole rings is 1. The Morgan fingerprint density at radius 1 is 1.43 bits per heavy atom. The molecular formula is C18H23N3OS. The van der Waals surface area contributed by atoms with Crippen LogP contribution in [-0.2, 0) is 5.41 Å². The van der Waals surface area contributed by atoms with Gasteiger partial charge in [0.25, 0.3) is 0 Å². The molecular weight excluding hydrogens is 306 g/mol. The SMILES string of the molecule is CC(CNC(=O)NC1CC(C)(C)c2ccccc21)c1nccs1. The van der Waals surface area contributed by atoms with Gasteiger partial charge in [0, 0.05) is 24.0 Å². The molecule has 0 saturated carbocycles. The summed E-state index contributed by atoms with van der Waals surface area (Å²) >= 11 is 1.62. The summed E-state index contributed by atoms with van der Waals surface area (Å²) in [4.78, 5) is 16.5. The van der Waals surface area contributed by atoms with E-state index in [1.165, 1.54) is 11.1 Å². The number of urea groups is 1. The van der Waals surface area contributed by atoms with Crippen LogP contribution in [0.4, 0.5) is 4.79 Å². The van der Waals surface area contributed by atoms with Gasteiger partial charge in [0.2, 0.25) is 0 Å². The van der Waals surface area contributed by atoms with E-state index in [0.717, 1.165) is 11.4 Å². The number of rotatable bonds is 4. The molecule has 2 N–H and O–H groups in total. The summed E-state index contributed by atoms with van der Waals surface area (Å²) in [7, 11) is 0. The van der Waals surface area contributed by atoms with Crippen LogP contribution in [0.2, 0.25) is 0 Å². The quantitative estimate of drug-likeness (QED) is 0.892. The maximum absolute atomic E-state index is 12.3. The number of nitrogens with zero attached hydrogens (tertiary/aromatic N) is 1. The van der Waals surface area contributed by atoms with Crippen LogP contribution in [0.5, 0.6) is 0 Å². The van der Waals surface area contributed by atoms with Gasteiger partial charge in [-0.15, -0.1) is 11.3 Å². The Bertz CT molecular complexity index is 681. The lowest BCUT2D eigenvalue weighted by Gasteiger charge is -2.20. The third-order valence-electron chi connectivity index (χ3n) is 4.53. The summed E-state index contributed by atoms with van der Waals surface area (Å²) in [6, 6.07) is 8.37. The smallest absolute Gasteiger partial charge is 0.315 e. The molecule has 0 spiro atoms. The highest BCUT2D eigenvalue weighted by atomic mass is 32.1. The van der Waals surface area contributed by atoms with E-state index in [1.807, 2.05) is 11.4 Å². The lowest BCUT2D eigenvalue weighted by molar-refractivity contribution is 0.235. The van der Waals surface area contributed by atoms with Crippen LogP contribution in [-0.4, -0.2) is 17.6 Å². The van der Waals surface area contributed by atoms with E-state index in [9.17, 15) is 4.79 Å². The van der Waals surface area contributed by atoms with Gasteiger partial charge in [-0.25, -0.2) is 9.78 Å². The van der Waals surface area contributed by atoms with Crippen LogP contribution in [0.25, 0.3) is 0 Å². The van der Waals surface area contributed by atoms with Crippen molar-refractivity contribution in [3.05, 3.63) is 52.0 Å². The first kappa shape index (κ1) is 16.0. The zero-order valence-electron chi connectivity index (χ0n) is 13.8. The van der Waals surface area contributed by atoms with Crippen molar-refractivity contribution < 1.29 is 4.79 Å². The molecule has 0 saturated heterocycles. The fourth-order valence-electron chi connectivity index (χ4n) is 3.30. The third kappa shape index (κ3) is 3.39. The number of carbonyl (C=O) groups is 1. The number of aromatic nitrogens is 1. The highest BCUT2D eigenvalue weighted by molar-refractivity contribution is 7.09. The standard InChI is InChI=1S/C18H23N3OS/c1-12(16-19-8-9-23-16)11-20-17(22)21-15-10-18(2,3)14-7-5-4-6-13(14)15/h4-9,12,15H,10-11H2,1-3H3,(H2,20,21,22). The van der Waals surface area contributed by atoms with Gasteiger partial charge in [0.15, 0.2) is 0 Å². The number of hydrogen-bond acceptors (Lipinski definition) is 3. The van der Waals surface area contributed by atoms with Crippen molar-refractivity contribution in [3.8, 4) is 0 Å². The lowest BCUT2D eigenvalue weighted by Crippen LogP contribution is -2.39. The monoisotopic (exact) mass is 329 g/mol. The number of benzene rings is 1. The molecule has 23 heavy (non-hydrogen) atoms. The molecule has 1 aromatic carbocycles. The molecule has 122 valence electrons. The van der Waals surface area contributed by atoms with Crippen LogP contribution in [0.1, 0.15) is 55.3 Å². The van der Waals surface area contributed by atoms with Gasteiger partial charge in [-0.1, -0.05) is 45.0 Å². The zero-order chi connectivity index (χ0) is 16.4. The Balaban J connectivity index is 1.59. The molecule has 2 atom stereocenters. The Morgan fingerprint density at radius 2 is 2.22 bits per heavy atom. The molecule has 0 bridgehead atoms. The first-order chi connectivity index (χ1) is 11.0. The predicted molar refractivity (Wildman–Crippen MR) is 93.9 cm³/mol.